The molecule has 0 amide bonds. The number of aliphatic hydroxyl groups is 1. The number of nitrogens with two attached hydrogens (primary N) is 1. The van der Waals surface area contributed by atoms with Gasteiger partial charge in [0.2, 0.25) is 0 Å². The second-order valence-electron chi connectivity index (χ2n) is 3.97. The summed E-state index contributed by atoms with van der Waals surface area (Å²) in [5, 5.41) is 12.4. The average Bonchev–Trinajstić information content (AvgIpc) is 2.78. The first-order chi connectivity index (χ1) is 8.63. The molecule has 0 fully saturated rings. The zero-order valence-electron chi connectivity index (χ0n) is 9.51. The van der Waals surface area contributed by atoms with Crippen molar-refractivity contribution in [1.82, 2.24) is 0 Å². The lowest BCUT2D eigenvalue weighted by Crippen LogP contribution is -2.19. The molecule has 2 atom stereocenters. The fourth-order valence-electron chi connectivity index (χ4n) is 1.86. The molecule has 0 saturated carbocycles. The summed E-state index contributed by atoms with van der Waals surface area (Å²) in [7, 11) is 0. The van der Waals surface area contributed by atoms with Crippen LogP contribution in [0.1, 0.15) is 22.5 Å². The van der Waals surface area contributed by atoms with Crippen molar-refractivity contribution in [1.29, 1.82) is 0 Å². The van der Waals surface area contributed by atoms with Gasteiger partial charge in [0.1, 0.15) is 0 Å². The number of hydrogen-bond acceptors (Lipinski definition) is 3. The van der Waals surface area contributed by atoms with Crippen molar-refractivity contribution in [2.45, 2.75) is 12.0 Å². The Kier molecular flexibility index (Phi) is 4.98. The minimum absolute atomic E-state index is 0.0898. The minimum Gasteiger partial charge on any atom is -0.387 e. The van der Waals surface area contributed by atoms with Crippen LogP contribution < -0.4 is 5.73 Å². The first kappa shape index (κ1) is 14.2. The molecule has 1 heterocycles. The predicted octanol–water partition coefficient (Wildman–Crippen LogP) is 4.05. The Morgan fingerprint density at radius 3 is 2.33 bits per heavy atom. The summed E-state index contributed by atoms with van der Waals surface area (Å²) in [4.78, 5) is 0.924. The molecule has 1 aromatic heterocycles. The van der Waals surface area contributed by atoms with Gasteiger partial charge in [-0.05, 0) is 45.1 Å². The lowest BCUT2D eigenvalue weighted by Gasteiger charge is -2.21. The molecule has 1 aromatic carbocycles. The summed E-state index contributed by atoms with van der Waals surface area (Å²) in [6, 6.07) is 9.86. The smallest absolute Gasteiger partial charge is 0.0973 e. The van der Waals surface area contributed by atoms with E-state index in [4.69, 9.17) is 5.73 Å². The number of hydrogen-bond donors (Lipinski definition) is 2. The largest absolute Gasteiger partial charge is 0.387 e. The van der Waals surface area contributed by atoms with Gasteiger partial charge in [-0.3, -0.25) is 0 Å². The SMILES string of the molecule is NCC(c1ccc(Br)cc1)C(O)c1sccc1Br. The fraction of sp³-hybridized carbons (Fsp3) is 0.231. The summed E-state index contributed by atoms with van der Waals surface area (Å²) in [5.41, 5.74) is 6.87. The summed E-state index contributed by atoms with van der Waals surface area (Å²) in [5.74, 6) is -0.0898. The van der Waals surface area contributed by atoms with Gasteiger partial charge in [-0.25, -0.2) is 0 Å². The third-order valence-electron chi connectivity index (χ3n) is 2.85. The van der Waals surface area contributed by atoms with Gasteiger partial charge in [-0.2, -0.15) is 0 Å². The molecular formula is C13H13Br2NOS. The molecule has 18 heavy (non-hydrogen) atoms. The Labute approximate surface area is 127 Å². The molecule has 2 aromatic rings. The lowest BCUT2D eigenvalue weighted by atomic mass is 9.92. The van der Waals surface area contributed by atoms with E-state index in [0.29, 0.717) is 6.54 Å². The second-order valence-corrected chi connectivity index (χ2v) is 6.69. The topological polar surface area (TPSA) is 46.2 Å². The van der Waals surface area contributed by atoms with Gasteiger partial charge >= 0.3 is 0 Å². The molecule has 0 spiro atoms. The Hall–Kier alpha value is -0.200. The average molecular weight is 391 g/mol. The van der Waals surface area contributed by atoms with Crippen molar-refractivity contribution < 1.29 is 5.11 Å². The van der Waals surface area contributed by atoms with Crippen molar-refractivity contribution in [2.24, 2.45) is 5.73 Å². The maximum atomic E-state index is 10.5. The lowest BCUT2D eigenvalue weighted by molar-refractivity contribution is 0.150. The van der Waals surface area contributed by atoms with Crippen molar-refractivity contribution in [3.8, 4) is 0 Å². The molecule has 2 rings (SSSR count). The number of rotatable bonds is 4. The Bertz CT molecular complexity index is 512. The first-order valence-electron chi connectivity index (χ1n) is 5.50. The summed E-state index contributed by atoms with van der Waals surface area (Å²) in [6.45, 7) is 0.410. The summed E-state index contributed by atoms with van der Waals surface area (Å²) >= 11 is 8.39. The fourth-order valence-corrected chi connectivity index (χ4v) is 3.78. The van der Waals surface area contributed by atoms with Crippen LogP contribution in [0.4, 0.5) is 0 Å². The zero-order chi connectivity index (χ0) is 13.1. The van der Waals surface area contributed by atoms with E-state index in [2.05, 4.69) is 31.9 Å². The molecule has 0 radical (unpaired) electrons. The number of thiophene rings is 1. The van der Waals surface area contributed by atoms with Gasteiger partial charge in [0.15, 0.2) is 0 Å². The Morgan fingerprint density at radius 2 is 1.83 bits per heavy atom. The van der Waals surface area contributed by atoms with Crippen LogP contribution in [-0.2, 0) is 0 Å². The van der Waals surface area contributed by atoms with Crippen LogP contribution in [0, 0.1) is 0 Å². The van der Waals surface area contributed by atoms with Crippen LogP contribution in [0.5, 0.6) is 0 Å². The third-order valence-corrected chi connectivity index (χ3v) is 5.32. The van der Waals surface area contributed by atoms with E-state index in [0.717, 1.165) is 19.4 Å². The van der Waals surface area contributed by atoms with Crippen molar-refractivity contribution in [3.63, 3.8) is 0 Å². The molecule has 2 unspecified atom stereocenters. The molecular weight excluding hydrogens is 378 g/mol. The van der Waals surface area contributed by atoms with Crippen molar-refractivity contribution in [3.05, 3.63) is 55.1 Å². The highest BCUT2D eigenvalue weighted by molar-refractivity contribution is 9.10. The number of benzene rings is 1. The second kappa shape index (κ2) is 6.30. The molecule has 2 nitrogen and oxygen atoms in total. The van der Waals surface area contributed by atoms with Gasteiger partial charge in [-0.15, -0.1) is 11.3 Å². The highest BCUT2D eigenvalue weighted by Crippen LogP contribution is 2.37. The van der Waals surface area contributed by atoms with Crippen molar-refractivity contribution >= 4 is 43.2 Å². The van der Waals surface area contributed by atoms with E-state index in [9.17, 15) is 5.11 Å². The maximum absolute atomic E-state index is 10.5. The molecule has 3 N–H and O–H groups in total. The van der Waals surface area contributed by atoms with Crippen LogP contribution in [0.25, 0.3) is 0 Å². The molecule has 0 aliphatic heterocycles. The zero-order valence-corrected chi connectivity index (χ0v) is 13.5. The van der Waals surface area contributed by atoms with Gasteiger partial charge in [0, 0.05) is 26.3 Å². The van der Waals surface area contributed by atoms with Crippen molar-refractivity contribution in [2.75, 3.05) is 6.54 Å². The summed E-state index contributed by atoms with van der Waals surface area (Å²) in [6.07, 6.45) is -0.578. The number of aliphatic hydroxyl groups excluding tert-OH is 1. The van der Waals surface area contributed by atoms with Gasteiger partial charge in [0.05, 0.1) is 6.10 Å². The van der Waals surface area contributed by atoms with Crippen LogP contribution in [0.3, 0.4) is 0 Å². The van der Waals surface area contributed by atoms with E-state index < -0.39 is 6.10 Å². The molecule has 0 aliphatic rings. The number of halogens is 2. The van der Waals surface area contributed by atoms with Gasteiger partial charge in [-0.1, -0.05) is 28.1 Å². The normalized spacial score (nSPS) is 14.4. The highest BCUT2D eigenvalue weighted by Gasteiger charge is 2.24. The molecule has 0 saturated heterocycles. The standard InChI is InChI=1S/C13H13Br2NOS/c14-9-3-1-8(2-4-9)10(7-16)12(17)13-11(15)5-6-18-13/h1-6,10,12,17H,7,16H2. The van der Waals surface area contributed by atoms with Crippen LogP contribution in [0.15, 0.2) is 44.7 Å². The van der Waals surface area contributed by atoms with Gasteiger partial charge in [0.25, 0.3) is 0 Å². The van der Waals surface area contributed by atoms with E-state index in [1.54, 1.807) is 0 Å². The van der Waals surface area contributed by atoms with E-state index in [1.165, 1.54) is 11.3 Å². The minimum atomic E-state index is -0.578. The van der Waals surface area contributed by atoms with E-state index in [1.807, 2.05) is 35.7 Å². The van der Waals surface area contributed by atoms with Crippen LogP contribution in [0.2, 0.25) is 0 Å². The maximum Gasteiger partial charge on any atom is 0.0973 e. The highest BCUT2D eigenvalue weighted by atomic mass is 79.9. The van der Waals surface area contributed by atoms with Crippen LogP contribution in [-0.4, -0.2) is 11.7 Å². The van der Waals surface area contributed by atoms with E-state index in [-0.39, 0.29) is 5.92 Å². The molecule has 0 bridgehead atoms. The Morgan fingerprint density at radius 1 is 1.17 bits per heavy atom. The summed E-state index contributed by atoms with van der Waals surface area (Å²) < 4.78 is 1.96. The first-order valence-corrected chi connectivity index (χ1v) is 7.96. The Balaban J connectivity index is 2.28. The molecule has 0 aliphatic carbocycles. The quantitative estimate of drug-likeness (QED) is 0.827. The predicted molar refractivity (Wildman–Crippen MR) is 82.9 cm³/mol. The third kappa shape index (κ3) is 3.03. The van der Waals surface area contributed by atoms with Gasteiger partial charge < -0.3 is 10.8 Å². The van der Waals surface area contributed by atoms with Crippen LogP contribution >= 0.6 is 43.2 Å². The molecule has 96 valence electrons. The van der Waals surface area contributed by atoms with E-state index >= 15 is 0 Å². The monoisotopic (exact) mass is 389 g/mol. The molecule has 5 heteroatoms.